The van der Waals surface area contributed by atoms with Gasteiger partial charge in [-0.2, -0.15) is 0 Å². The van der Waals surface area contributed by atoms with Gasteiger partial charge in [-0.05, 0) is 79.5 Å². The zero-order valence-electron chi connectivity index (χ0n) is 20.2. The first kappa shape index (κ1) is 25.2. The van der Waals surface area contributed by atoms with Crippen LogP contribution in [0.1, 0.15) is 42.9 Å². The van der Waals surface area contributed by atoms with E-state index in [4.69, 9.17) is 9.47 Å². The minimum Gasteiger partial charge on any atom is -0.483 e. The summed E-state index contributed by atoms with van der Waals surface area (Å²) in [7, 11) is 0. The first-order chi connectivity index (χ1) is 16.9. The molecule has 2 aliphatic carbocycles. The van der Waals surface area contributed by atoms with E-state index < -0.39 is 5.97 Å². The number of amides is 1. The smallest absolute Gasteiger partial charge is 0.325 e. The predicted molar refractivity (Wildman–Crippen MR) is 131 cm³/mol. The molecular formula is C28H35NO6. The Balaban J connectivity index is 1.27. The molecule has 0 saturated heterocycles. The molecule has 5 atom stereocenters. The van der Waals surface area contributed by atoms with Crippen molar-refractivity contribution in [3.05, 3.63) is 65.2 Å². The van der Waals surface area contributed by atoms with Gasteiger partial charge in [-0.25, -0.2) is 0 Å². The van der Waals surface area contributed by atoms with Crippen LogP contribution < -0.4 is 10.1 Å². The van der Waals surface area contributed by atoms with Gasteiger partial charge in [-0.1, -0.05) is 42.5 Å². The lowest BCUT2D eigenvalue weighted by Gasteiger charge is -2.32. The molecule has 2 aromatic carbocycles. The quantitative estimate of drug-likeness (QED) is 0.451. The Hall–Kier alpha value is -2.90. The van der Waals surface area contributed by atoms with Crippen molar-refractivity contribution in [3.63, 3.8) is 0 Å². The van der Waals surface area contributed by atoms with Gasteiger partial charge in [0.05, 0.1) is 12.2 Å². The summed E-state index contributed by atoms with van der Waals surface area (Å²) in [6.45, 7) is 1.56. The van der Waals surface area contributed by atoms with Crippen LogP contribution in [0.4, 0.5) is 0 Å². The fraction of sp³-hybridized carbons (Fsp3) is 0.500. The zero-order chi connectivity index (χ0) is 24.8. The molecule has 2 aromatic rings. The Kier molecular flexibility index (Phi) is 8.42. The lowest BCUT2D eigenvalue weighted by molar-refractivity contribution is -0.145. The fourth-order valence-electron chi connectivity index (χ4n) is 5.53. The lowest BCUT2D eigenvalue weighted by Crippen LogP contribution is -2.34. The molecule has 7 nitrogen and oxygen atoms in total. The van der Waals surface area contributed by atoms with Gasteiger partial charge in [0.1, 0.15) is 18.9 Å². The number of carbonyl (C=O) groups is 2. The predicted octanol–water partition coefficient (Wildman–Crippen LogP) is 2.80. The highest BCUT2D eigenvalue weighted by molar-refractivity contribution is 5.82. The standard InChI is InChI=1S/C28H35NO6/c1-18(30)10-11-22-23-12-20-8-5-9-26(24(20)13-21(23)14-25(22)31)34-17-27(32)29-15-28(33)35-16-19-6-3-2-4-7-19/h2-9,18,21-23,25,30-31H,10-17H2,1H3,(H,29,32)/t18-,21-,22+,23-,25+/m0/s1. The van der Waals surface area contributed by atoms with E-state index in [1.54, 1.807) is 6.92 Å². The van der Waals surface area contributed by atoms with E-state index in [-0.39, 0.29) is 43.8 Å². The second kappa shape index (κ2) is 11.7. The van der Waals surface area contributed by atoms with Gasteiger partial charge < -0.3 is 25.0 Å². The number of hydrogen-bond donors (Lipinski definition) is 3. The summed E-state index contributed by atoms with van der Waals surface area (Å²) in [5, 5.41) is 22.9. The summed E-state index contributed by atoms with van der Waals surface area (Å²) in [6, 6.07) is 15.3. The number of benzene rings is 2. The highest BCUT2D eigenvalue weighted by Gasteiger charge is 2.44. The summed E-state index contributed by atoms with van der Waals surface area (Å²) >= 11 is 0. The molecule has 188 valence electrons. The maximum atomic E-state index is 12.3. The van der Waals surface area contributed by atoms with E-state index in [2.05, 4.69) is 11.4 Å². The fourth-order valence-corrected chi connectivity index (χ4v) is 5.53. The van der Waals surface area contributed by atoms with Gasteiger partial charge in [0.2, 0.25) is 0 Å². The summed E-state index contributed by atoms with van der Waals surface area (Å²) in [6.07, 6.45) is 3.29. The van der Waals surface area contributed by atoms with Crippen LogP contribution in [0, 0.1) is 17.8 Å². The van der Waals surface area contributed by atoms with Crippen molar-refractivity contribution in [2.45, 2.75) is 57.8 Å². The topological polar surface area (TPSA) is 105 Å². The van der Waals surface area contributed by atoms with Crippen LogP contribution in [0.5, 0.6) is 5.75 Å². The summed E-state index contributed by atoms with van der Waals surface area (Å²) in [5.74, 6) is 0.772. The molecule has 1 saturated carbocycles. The van der Waals surface area contributed by atoms with Crippen LogP contribution in [-0.4, -0.2) is 47.4 Å². The molecule has 3 N–H and O–H groups in total. The summed E-state index contributed by atoms with van der Waals surface area (Å²) < 4.78 is 11.0. The molecule has 2 aliphatic rings. The van der Waals surface area contributed by atoms with Crippen molar-refractivity contribution >= 4 is 11.9 Å². The number of aliphatic hydroxyl groups excluding tert-OH is 2. The van der Waals surface area contributed by atoms with Crippen LogP contribution in [0.2, 0.25) is 0 Å². The van der Waals surface area contributed by atoms with Crippen molar-refractivity contribution in [2.75, 3.05) is 13.2 Å². The maximum absolute atomic E-state index is 12.3. The van der Waals surface area contributed by atoms with Crippen molar-refractivity contribution in [1.29, 1.82) is 0 Å². The van der Waals surface area contributed by atoms with E-state index >= 15 is 0 Å². The third-order valence-electron chi connectivity index (χ3n) is 7.29. The SMILES string of the molecule is C[C@H](O)CC[C@@H]1[C@H]2Cc3cccc(OCC(=O)NCC(=O)OCc4ccccc4)c3C[C@H]2C[C@H]1O. The van der Waals surface area contributed by atoms with Crippen molar-refractivity contribution in [1.82, 2.24) is 5.32 Å². The summed E-state index contributed by atoms with van der Waals surface area (Å²) in [4.78, 5) is 24.2. The van der Waals surface area contributed by atoms with Crippen molar-refractivity contribution in [2.24, 2.45) is 17.8 Å². The van der Waals surface area contributed by atoms with Crippen molar-refractivity contribution in [3.8, 4) is 5.75 Å². The number of aliphatic hydroxyl groups is 2. The third-order valence-corrected chi connectivity index (χ3v) is 7.29. The van der Waals surface area contributed by atoms with Crippen LogP contribution >= 0.6 is 0 Å². The minimum atomic E-state index is -0.504. The van der Waals surface area contributed by atoms with Gasteiger partial charge in [0.15, 0.2) is 6.61 Å². The van der Waals surface area contributed by atoms with E-state index in [0.29, 0.717) is 24.0 Å². The molecule has 4 rings (SSSR count). The van der Waals surface area contributed by atoms with Crippen LogP contribution in [-0.2, 0) is 33.8 Å². The van der Waals surface area contributed by atoms with Gasteiger partial charge in [-0.3, -0.25) is 9.59 Å². The van der Waals surface area contributed by atoms with E-state index in [9.17, 15) is 19.8 Å². The molecule has 1 fully saturated rings. The Bertz CT molecular complexity index is 1010. The van der Waals surface area contributed by atoms with E-state index in [1.807, 2.05) is 42.5 Å². The zero-order valence-corrected chi connectivity index (χ0v) is 20.2. The number of hydrogen-bond acceptors (Lipinski definition) is 6. The summed E-state index contributed by atoms with van der Waals surface area (Å²) in [5.41, 5.74) is 3.19. The van der Waals surface area contributed by atoms with Crippen LogP contribution in [0.15, 0.2) is 48.5 Å². The lowest BCUT2D eigenvalue weighted by atomic mass is 9.73. The third kappa shape index (κ3) is 6.61. The second-order valence-corrected chi connectivity index (χ2v) is 9.83. The Morgan fingerprint density at radius 3 is 2.69 bits per heavy atom. The molecule has 0 unspecified atom stereocenters. The number of fused-ring (bicyclic) bond motifs is 2. The number of ether oxygens (including phenoxy) is 2. The average molecular weight is 482 g/mol. The monoisotopic (exact) mass is 481 g/mol. The van der Waals surface area contributed by atoms with E-state index in [0.717, 1.165) is 36.8 Å². The average Bonchev–Trinajstić information content (AvgIpc) is 3.16. The highest BCUT2D eigenvalue weighted by atomic mass is 16.5. The van der Waals surface area contributed by atoms with Gasteiger partial charge in [0, 0.05) is 0 Å². The van der Waals surface area contributed by atoms with Gasteiger partial charge in [-0.15, -0.1) is 0 Å². The first-order valence-corrected chi connectivity index (χ1v) is 12.5. The van der Waals surface area contributed by atoms with Crippen LogP contribution in [0.3, 0.4) is 0 Å². The number of esters is 1. The molecule has 0 spiro atoms. The molecule has 1 amide bonds. The second-order valence-electron chi connectivity index (χ2n) is 9.83. The number of nitrogens with one attached hydrogen (secondary N) is 1. The Morgan fingerprint density at radius 1 is 1.11 bits per heavy atom. The molecule has 0 aliphatic heterocycles. The normalized spacial score (nSPS) is 23.6. The Morgan fingerprint density at radius 2 is 1.91 bits per heavy atom. The van der Waals surface area contributed by atoms with Gasteiger partial charge >= 0.3 is 5.97 Å². The first-order valence-electron chi connectivity index (χ1n) is 12.5. The molecule has 0 bridgehead atoms. The molecule has 0 aromatic heterocycles. The van der Waals surface area contributed by atoms with E-state index in [1.165, 1.54) is 5.56 Å². The largest absolute Gasteiger partial charge is 0.483 e. The van der Waals surface area contributed by atoms with Crippen LogP contribution in [0.25, 0.3) is 0 Å². The maximum Gasteiger partial charge on any atom is 0.325 e. The van der Waals surface area contributed by atoms with Crippen molar-refractivity contribution < 1.29 is 29.3 Å². The molecule has 7 heteroatoms. The number of rotatable bonds is 10. The molecule has 0 heterocycles. The Labute approximate surface area is 206 Å². The molecular weight excluding hydrogens is 446 g/mol. The molecule has 0 radical (unpaired) electrons. The number of carbonyl (C=O) groups excluding carboxylic acids is 2. The highest BCUT2D eigenvalue weighted by Crippen LogP contribution is 2.48. The molecule has 35 heavy (non-hydrogen) atoms. The minimum absolute atomic E-state index is 0.166. The van der Waals surface area contributed by atoms with Gasteiger partial charge in [0.25, 0.3) is 5.91 Å².